The minimum Gasteiger partial charge on any atom is -0.479 e. The third kappa shape index (κ3) is 1.20. The van der Waals surface area contributed by atoms with Gasteiger partial charge in [0, 0.05) is 0 Å². The number of fused-ring (bicyclic) bond motifs is 1. The van der Waals surface area contributed by atoms with Crippen molar-refractivity contribution >= 4 is 17.3 Å². The summed E-state index contributed by atoms with van der Waals surface area (Å²) in [4.78, 5) is 11.2. The summed E-state index contributed by atoms with van der Waals surface area (Å²) in [6.07, 6.45) is -0.478. The monoisotopic (exact) mass is 177 g/mol. The van der Waals surface area contributed by atoms with Gasteiger partial charge in [0.15, 0.2) is 6.10 Å². The number of amides is 1. The molecule has 1 atom stereocenters. The molecule has 4 nitrogen and oxygen atoms in total. The molecule has 2 N–H and O–H groups in total. The van der Waals surface area contributed by atoms with E-state index in [1.807, 2.05) is 0 Å². The number of carbonyl (C=O) groups excluding carboxylic acids is 1. The maximum atomic E-state index is 11.2. The second kappa shape index (κ2) is 2.65. The molecule has 67 valence electrons. The first-order valence-electron chi connectivity index (χ1n) is 4.00. The molecule has 1 unspecified atom stereocenters. The van der Waals surface area contributed by atoms with Crippen molar-refractivity contribution in [3.63, 3.8) is 0 Å². The van der Waals surface area contributed by atoms with E-state index in [4.69, 9.17) is 10.5 Å². The Bertz CT molecular complexity index is 363. The first kappa shape index (κ1) is 7.91. The standard InChI is InChI=1S/C9H9N2O2/c1-5-9(12)11-8-6(10)3-2-4-7(8)13-5/h2-5,10H,1H3,(H,11,12). The summed E-state index contributed by atoms with van der Waals surface area (Å²) in [7, 11) is 0. The fraction of sp³-hybridized carbons (Fsp3) is 0.222. The lowest BCUT2D eigenvalue weighted by Gasteiger charge is -2.23. The van der Waals surface area contributed by atoms with Crippen molar-refractivity contribution in [1.29, 1.82) is 0 Å². The van der Waals surface area contributed by atoms with Crippen LogP contribution in [0.25, 0.3) is 0 Å². The van der Waals surface area contributed by atoms with Gasteiger partial charge in [-0.05, 0) is 19.1 Å². The molecule has 2 rings (SSSR count). The van der Waals surface area contributed by atoms with Crippen LogP contribution in [0.3, 0.4) is 0 Å². The van der Waals surface area contributed by atoms with E-state index in [-0.39, 0.29) is 11.6 Å². The molecule has 1 amide bonds. The molecule has 0 spiro atoms. The van der Waals surface area contributed by atoms with Gasteiger partial charge in [-0.3, -0.25) is 10.5 Å². The average Bonchev–Trinajstić information content (AvgIpc) is 2.09. The Morgan fingerprint density at radius 3 is 3.08 bits per heavy atom. The number of hydrogen-bond donors (Lipinski definition) is 1. The highest BCUT2D eigenvalue weighted by Crippen LogP contribution is 2.34. The highest BCUT2D eigenvalue weighted by atomic mass is 16.5. The van der Waals surface area contributed by atoms with E-state index in [9.17, 15) is 4.79 Å². The molecule has 0 fully saturated rings. The smallest absolute Gasteiger partial charge is 0.265 e. The van der Waals surface area contributed by atoms with Crippen LogP contribution in [-0.4, -0.2) is 12.0 Å². The molecular weight excluding hydrogens is 168 g/mol. The number of rotatable bonds is 0. The summed E-state index contributed by atoms with van der Waals surface area (Å²) in [5.74, 6) is 0.367. The lowest BCUT2D eigenvalue weighted by Crippen LogP contribution is -2.34. The van der Waals surface area contributed by atoms with E-state index in [0.717, 1.165) is 0 Å². The average molecular weight is 177 g/mol. The van der Waals surface area contributed by atoms with Gasteiger partial charge in [-0.15, -0.1) is 0 Å². The molecule has 1 aromatic carbocycles. The zero-order valence-electron chi connectivity index (χ0n) is 7.13. The van der Waals surface area contributed by atoms with Gasteiger partial charge in [0.2, 0.25) is 0 Å². The first-order chi connectivity index (χ1) is 6.18. The summed E-state index contributed by atoms with van der Waals surface area (Å²) in [5, 5.41) is 2.63. The Balaban J connectivity index is 2.48. The maximum Gasteiger partial charge on any atom is 0.265 e. The number of para-hydroxylation sites is 1. The van der Waals surface area contributed by atoms with Crippen molar-refractivity contribution in [2.45, 2.75) is 13.0 Å². The summed E-state index contributed by atoms with van der Waals surface area (Å²) in [6, 6.07) is 5.08. The summed E-state index contributed by atoms with van der Waals surface area (Å²) in [5.41, 5.74) is 8.25. The summed E-state index contributed by atoms with van der Waals surface area (Å²) >= 11 is 0. The van der Waals surface area contributed by atoms with Crippen LogP contribution in [0.15, 0.2) is 18.2 Å². The molecule has 0 bridgehead atoms. The van der Waals surface area contributed by atoms with Crippen LogP contribution >= 0.6 is 0 Å². The van der Waals surface area contributed by atoms with Crippen LogP contribution < -0.4 is 15.8 Å². The zero-order chi connectivity index (χ0) is 9.42. The highest BCUT2D eigenvalue weighted by molar-refractivity contribution is 6.00. The van der Waals surface area contributed by atoms with E-state index in [0.29, 0.717) is 11.4 Å². The number of nitrogens with one attached hydrogen (secondary N) is 2. The van der Waals surface area contributed by atoms with Crippen molar-refractivity contribution in [2.75, 3.05) is 5.32 Å². The molecule has 0 saturated carbocycles. The van der Waals surface area contributed by atoms with Gasteiger partial charge in [0.25, 0.3) is 5.91 Å². The van der Waals surface area contributed by atoms with Crippen molar-refractivity contribution in [3.05, 3.63) is 18.2 Å². The molecular formula is C9H9N2O2. The van der Waals surface area contributed by atoms with Gasteiger partial charge < -0.3 is 10.1 Å². The van der Waals surface area contributed by atoms with E-state index < -0.39 is 6.10 Å². The van der Waals surface area contributed by atoms with Crippen molar-refractivity contribution in [2.24, 2.45) is 0 Å². The van der Waals surface area contributed by atoms with Gasteiger partial charge in [-0.25, -0.2) is 0 Å². The predicted molar refractivity (Wildman–Crippen MR) is 47.9 cm³/mol. The van der Waals surface area contributed by atoms with Gasteiger partial charge in [-0.2, -0.15) is 0 Å². The summed E-state index contributed by atoms with van der Waals surface area (Å²) < 4.78 is 5.29. The zero-order valence-corrected chi connectivity index (χ0v) is 7.13. The number of anilines is 1. The second-order valence-corrected chi connectivity index (χ2v) is 2.93. The summed E-state index contributed by atoms with van der Waals surface area (Å²) in [6.45, 7) is 1.68. The van der Waals surface area contributed by atoms with Gasteiger partial charge in [0.1, 0.15) is 11.4 Å². The molecule has 4 heteroatoms. The van der Waals surface area contributed by atoms with Crippen LogP contribution in [0.5, 0.6) is 5.75 Å². The molecule has 0 aromatic heterocycles. The number of ether oxygens (including phenoxy) is 1. The van der Waals surface area contributed by atoms with Crippen LogP contribution in [0.2, 0.25) is 0 Å². The second-order valence-electron chi connectivity index (χ2n) is 2.93. The molecule has 0 aliphatic carbocycles. The molecule has 1 aliphatic rings. The van der Waals surface area contributed by atoms with Crippen LogP contribution in [0.1, 0.15) is 6.92 Å². The molecule has 13 heavy (non-hydrogen) atoms. The Hall–Kier alpha value is -1.71. The molecule has 1 heterocycles. The lowest BCUT2D eigenvalue weighted by molar-refractivity contribution is -0.122. The SMILES string of the molecule is CC1Oc2cccc([NH])c2NC1=O. The largest absolute Gasteiger partial charge is 0.479 e. The van der Waals surface area contributed by atoms with E-state index in [1.54, 1.807) is 25.1 Å². The number of hydrogen-bond acceptors (Lipinski definition) is 2. The Morgan fingerprint density at radius 1 is 1.54 bits per heavy atom. The fourth-order valence-corrected chi connectivity index (χ4v) is 1.23. The topological polar surface area (TPSA) is 62.1 Å². The lowest BCUT2D eigenvalue weighted by atomic mass is 10.2. The number of benzene rings is 1. The Kier molecular flexibility index (Phi) is 1.62. The molecule has 0 saturated heterocycles. The normalized spacial score (nSPS) is 20.1. The minimum atomic E-state index is -0.478. The van der Waals surface area contributed by atoms with E-state index in [1.165, 1.54) is 0 Å². The fourth-order valence-electron chi connectivity index (χ4n) is 1.23. The van der Waals surface area contributed by atoms with E-state index >= 15 is 0 Å². The van der Waals surface area contributed by atoms with Crippen molar-refractivity contribution < 1.29 is 9.53 Å². The van der Waals surface area contributed by atoms with Crippen LogP contribution in [-0.2, 0) is 4.79 Å². The Labute approximate surface area is 75.7 Å². The first-order valence-corrected chi connectivity index (χ1v) is 4.00. The van der Waals surface area contributed by atoms with E-state index in [2.05, 4.69) is 5.32 Å². The minimum absolute atomic E-state index is 0.202. The van der Waals surface area contributed by atoms with Gasteiger partial charge in [-0.1, -0.05) is 6.07 Å². The third-order valence-corrected chi connectivity index (χ3v) is 1.95. The van der Waals surface area contributed by atoms with Crippen molar-refractivity contribution in [1.82, 2.24) is 5.73 Å². The Morgan fingerprint density at radius 2 is 2.31 bits per heavy atom. The molecule has 1 aromatic rings. The van der Waals surface area contributed by atoms with Crippen LogP contribution in [0, 0.1) is 0 Å². The van der Waals surface area contributed by atoms with Gasteiger partial charge >= 0.3 is 0 Å². The molecule has 1 aliphatic heterocycles. The maximum absolute atomic E-state index is 11.2. The van der Waals surface area contributed by atoms with Gasteiger partial charge in [0.05, 0.1) is 5.69 Å². The predicted octanol–water partition coefficient (Wildman–Crippen LogP) is 1.32. The third-order valence-electron chi connectivity index (χ3n) is 1.95. The van der Waals surface area contributed by atoms with Crippen molar-refractivity contribution in [3.8, 4) is 5.75 Å². The van der Waals surface area contributed by atoms with Crippen LogP contribution in [0.4, 0.5) is 11.4 Å². The quantitative estimate of drug-likeness (QED) is 0.649. The molecule has 1 radical (unpaired) electrons. The number of carbonyl (C=O) groups is 1. The highest BCUT2D eigenvalue weighted by Gasteiger charge is 2.24.